The lowest BCUT2D eigenvalue weighted by Gasteiger charge is -1.96. The van der Waals surface area contributed by atoms with Gasteiger partial charge in [-0.15, -0.1) is 0 Å². The molecule has 1 aromatic heterocycles. The fraction of sp³-hybridized carbons (Fsp3) is 0.500. The van der Waals surface area contributed by atoms with E-state index in [1.807, 2.05) is 0 Å². The van der Waals surface area contributed by atoms with E-state index in [1.165, 1.54) is 18.8 Å². The van der Waals surface area contributed by atoms with Gasteiger partial charge in [0.1, 0.15) is 15.7 Å². The zero-order valence-electron chi connectivity index (χ0n) is 7.49. The van der Waals surface area contributed by atoms with E-state index in [2.05, 4.69) is 5.10 Å². The molecule has 0 aliphatic rings. The third kappa shape index (κ3) is 2.20. The fourth-order valence-corrected chi connectivity index (χ4v) is 2.78. The molecule has 0 aromatic carbocycles. The Kier molecular flexibility index (Phi) is 3.41. The van der Waals surface area contributed by atoms with Crippen LogP contribution >= 0.6 is 22.3 Å². The Morgan fingerprint density at radius 3 is 2.57 bits per heavy atom. The number of ether oxygens (including phenoxy) is 1. The van der Waals surface area contributed by atoms with Crippen molar-refractivity contribution in [1.82, 2.24) is 9.78 Å². The van der Waals surface area contributed by atoms with E-state index in [0.717, 1.165) is 0 Å². The normalized spacial score (nSPS) is 12.0. The molecule has 0 aliphatic heterocycles. The molecule has 0 saturated heterocycles. The van der Waals surface area contributed by atoms with Crippen LogP contribution in [0, 0.1) is 0 Å². The highest BCUT2D eigenvalue weighted by atomic mass is 35.7. The number of hydrogen-bond donors (Lipinski definition) is 0. The van der Waals surface area contributed by atoms with Crippen molar-refractivity contribution < 1.29 is 13.2 Å². The van der Waals surface area contributed by atoms with E-state index < -0.39 is 9.05 Å². The summed E-state index contributed by atoms with van der Waals surface area (Å²) in [5.74, 6) is 0. The summed E-state index contributed by atoms with van der Waals surface area (Å²) in [4.78, 5) is -0.190. The highest BCUT2D eigenvalue weighted by molar-refractivity contribution is 8.13. The van der Waals surface area contributed by atoms with Crippen LogP contribution in [0.2, 0.25) is 5.15 Å². The van der Waals surface area contributed by atoms with Gasteiger partial charge in [-0.3, -0.25) is 4.68 Å². The maximum absolute atomic E-state index is 11.1. The van der Waals surface area contributed by atoms with E-state index in [9.17, 15) is 8.42 Å². The van der Waals surface area contributed by atoms with Crippen molar-refractivity contribution in [1.29, 1.82) is 0 Å². The molecular weight excluding hydrogens is 251 g/mol. The minimum Gasteiger partial charge on any atom is -0.378 e. The van der Waals surface area contributed by atoms with Crippen LogP contribution in [-0.4, -0.2) is 25.3 Å². The molecule has 1 aromatic rings. The molecule has 0 amide bonds. The number of halogens is 2. The van der Waals surface area contributed by atoms with Gasteiger partial charge in [-0.2, -0.15) is 5.10 Å². The average molecular weight is 259 g/mol. The summed E-state index contributed by atoms with van der Waals surface area (Å²) in [6, 6.07) is 0. The van der Waals surface area contributed by atoms with Gasteiger partial charge in [-0.05, 0) is 0 Å². The van der Waals surface area contributed by atoms with E-state index in [1.54, 1.807) is 0 Å². The molecule has 0 spiro atoms. The van der Waals surface area contributed by atoms with Gasteiger partial charge in [0, 0.05) is 24.8 Å². The summed E-state index contributed by atoms with van der Waals surface area (Å²) in [6.07, 6.45) is 0. The topological polar surface area (TPSA) is 61.2 Å². The van der Waals surface area contributed by atoms with Gasteiger partial charge in [0.15, 0.2) is 0 Å². The van der Waals surface area contributed by atoms with Crippen molar-refractivity contribution in [2.75, 3.05) is 7.11 Å². The first-order valence-corrected chi connectivity index (χ1v) is 6.21. The molecule has 0 atom stereocenters. The Labute approximate surface area is 91.0 Å². The number of hydrogen-bond acceptors (Lipinski definition) is 4. The first kappa shape index (κ1) is 11.8. The van der Waals surface area contributed by atoms with Gasteiger partial charge < -0.3 is 4.74 Å². The summed E-state index contributed by atoms with van der Waals surface area (Å²) < 4.78 is 28.3. The molecule has 0 N–H and O–H groups in total. The Bertz CT molecular complexity index is 440. The molecule has 0 bridgehead atoms. The molecule has 1 rings (SSSR count). The summed E-state index contributed by atoms with van der Waals surface area (Å²) in [5, 5.41) is 3.84. The molecule has 8 heteroatoms. The van der Waals surface area contributed by atoms with Crippen LogP contribution in [0.4, 0.5) is 0 Å². The third-order valence-electron chi connectivity index (χ3n) is 1.53. The second-order valence-corrected chi connectivity index (χ2v) is 5.42. The average Bonchev–Trinajstić information content (AvgIpc) is 2.27. The molecule has 0 aliphatic carbocycles. The van der Waals surface area contributed by atoms with Crippen molar-refractivity contribution in [2.24, 2.45) is 7.05 Å². The number of methoxy groups -OCH3 is 1. The van der Waals surface area contributed by atoms with Crippen molar-refractivity contribution in [3.63, 3.8) is 0 Å². The standard InChI is InChI=1S/C6H8Cl2N2O3S/c1-10-6(7)5(14(8,11)12)4(9-10)3-13-2/h3H2,1-2H3. The lowest BCUT2D eigenvalue weighted by molar-refractivity contribution is 0.179. The zero-order valence-corrected chi connectivity index (χ0v) is 9.82. The van der Waals surface area contributed by atoms with Gasteiger partial charge in [0.2, 0.25) is 0 Å². The van der Waals surface area contributed by atoms with Gasteiger partial charge in [-0.1, -0.05) is 11.6 Å². The van der Waals surface area contributed by atoms with E-state index in [4.69, 9.17) is 27.0 Å². The van der Waals surface area contributed by atoms with Crippen molar-refractivity contribution in [3.05, 3.63) is 10.8 Å². The molecule has 0 saturated carbocycles. The summed E-state index contributed by atoms with van der Waals surface area (Å²) in [5.41, 5.74) is 0.204. The molecule has 14 heavy (non-hydrogen) atoms. The number of aromatic nitrogens is 2. The first-order valence-electron chi connectivity index (χ1n) is 3.53. The minimum atomic E-state index is -3.89. The van der Waals surface area contributed by atoms with Gasteiger partial charge in [0.05, 0.1) is 6.61 Å². The van der Waals surface area contributed by atoms with Crippen LogP contribution in [0.5, 0.6) is 0 Å². The Morgan fingerprint density at radius 2 is 2.14 bits per heavy atom. The van der Waals surface area contributed by atoms with Crippen molar-refractivity contribution in [3.8, 4) is 0 Å². The number of aryl methyl sites for hydroxylation is 1. The van der Waals surface area contributed by atoms with Crippen LogP contribution < -0.4 is 0 Å². The lowest BCUT2D eigenvalue weighted by atomic mass is 10.5. The van der Waals surface area contributed by atoms with Crippen LogP contribution in [0.15, 0.2) is 4.90 Å². The van der Waals surface area contributed by atoms with Crippen molar-refractivity contribution in [2.45, 2.75) is 11.5 Å². The fourth-order valence-electron chi connectivity index (χ4n) is 1.01. The molecule has 0 radical (unpaired) electrons. The predicted octanol–water partition coefficient (Wildman–Crippen LogP) is 1.15. The maximum atomic E-state index is 11.1. The lowest BCUT2D eigenvalue weighted by Crippen LogP contribution is -1.97. The first-order chi connectivity index (χ1) is 6.38. The SMILES string of the molecule is COCc1nn(C)c(Cl)c1S(=O)(=O)Cl. The summed E-state index contributed by atoms with van der Waals surface area (Å²) in [6.45, 7) is 0.0435. The molecule has 0 unspecified atom stereocenters. The second-order valence-electron chi connectivity index (χ2n) is 2.56. The van der Waals surface area contributed by atoms with E-state index in [-0.39, 0.29) is 22.3 Å². The number of rotatable bonds is 3. The van der Waals surface area contributed by atoms with Gasteiger partial charge >= 0.3 is 0 Å². The van der Waals surface area contributed by atoms with Gasteiger partial charge in [0.25, 0.3) is 9.05 Å². The maximum Gasteiger partial charge on any atom is 0.266 e. The smallest absolute Gasteiger partial charge is 0.266 e. The second kappa shape index (κ2) is 4.06. The summed E-state index contributed by atoms with van der Waals surface area (Å²) >= 11 is 5.72. The molecular formula is C6H8Cl2N2O3S. The van der Waals surface area contributed by atoms with Gasteiger partial charge in [-0.25, -0.2) is 8.42 Å². The monoisotopic (exact) mass is 258 g/mol. The predicted molar refractivity (Wildman–Crippen MR) is 52.0 cm³/mol. The van der Waals surface area contributed by atoms with Crippen molar-refractivity contribution >= 4 is 31.3 Å². The van der Waals surface area contributed by atoms with Crippen LogP contribution in [0.25, 0.3) is 0 Å². The highest BCUT2D eigenvalue weighted by Crippen LogP contribution is 2.27. The quantitative estimate of drug-likeness (QED) is 0.764. The van der Waals surface area contributed by atoms with E-state index in [0.29, 0.717) is 0 Å². The summed E-state index contributed by atoms with van der Waals surface area (Å²) in [7, 11) is 4.25. The Hall–Kier alpha value is -0.300. The third-order valence-corrected chi connectivity index (χ3v) is 3.45. The highest BCUT2D eigenvalue weighted by Gasteiger charge is 2.24. The Morgan fingerprint density at radius 1 is 1.57 bits per heavy atom. The molecule has 0 fully saturated rings. The molecule has 5 nitrogen and oxygen atoms in total. The largest absolute Gasteiger partial charge is 0.378 e. The Balaban J connectivity index is 3.38. The van der Waals surface area contributed by atoms with Crippen LogP contribution in [0.3, 0.4) is 0 Å². The van der Waals surface area contributed by atoms with E-state index >= 15 is 0 Å². The zero-order chi connectivity index (χ0) is 10.9. The molecule has 1 heterocycles. The van der Waals surface area contributed by atoms with Crippen LogP contribution in [-0.2, 0) is 27.4 Å². The number of nitrogens with zero attached hydrogens (tertiary/aromatic N) is 2. The minimum absolute atomic E-state index is 0.0212. The molecule has 80 valence electrons. The van der Waals surface area contributed by atoms with Crippen LogP contribution in [0.1, 0.15) is 5.69 Å².